The summed E-state index contributed by atoms with van der Waals surface area (Å²) in [7, 11) is -4.16. The van der Waals surface area contributed by atoms with Crippen molar-refractivity contribution >= 4 is 21.8 Å². The maximum atomic E-state index is 13.6. The van der Waals surface area contributed by atoms with Crippen LogP contribution in [0.5, 0.6) is 11.5 Å². The molecule has 1 aliphatic heterocycles. The molecule has 1 fully saturated rings. The Kier molecular flexibility index (Phi) is 7.42. The van der Waals surface area contributed by atoms with Crippen molar-refractivity contribution in [2.75, 3.05) is 26.2 Å². The zero-order chi connectivity index (χ0) is 26.1. The molecule has 10 nitrogen and oxygen atoms in total. The van der Waals surface area contributed by atoms with Gasteiger partial charge >= 0.3 is 6.09 Å². The first-order valence-corrected chi connectivity index (χ1v) is 12.6. The molecule has 0 aliphatic carbocycles. The van der Waals surface area contributed by atoms with Crippen molar-refractivity contribution in [1.29, 1.82) is 0 Å². The summed E-state index contributed by atoms with van der Waals surface area (Å²) < 4.78 is 39.8. The van der Waals surface area contributed by atoms with Crippen molar-refractivity contribution in [3.8, 4) is 11.5 Å². The highest BCUT2D eigenvalue weighted by Gasteiger charge is 2.35. The fourth-order valence-corrected chi connectivity index (χ4v) is 5.36. The van der Waals surface area contributed by atoms with Crippen LogP contribution in [0.15, 0.2) is 35.2 Å². The topological polar surface area (TPSA) is 119 Å². The van der Waals surface area contributed by atoms with Gasteiger partial charge in [-0.05, 0) is 70.9 Å². The molecular formula is C24H31N3O7S. The van der Waals surface area contributed by atoms with E-state index in [1.54, 1.807) is 32.9 Å². The largest absolute Gasteiger partial charge is 0.456 e. The lowest BCUT2D eigenvalue weighted by molar-refractivity contribution is -0.385. The van der Waals surface area contributed by atoms with Crippen molar-refractivity contribution < 1.29 is 27.6 Å². The third-order valence-electron chi connectivity index (χ3n) is 5.39. The van der Waals surface area contributed by atoms with E-state index in [0.29, 0.717) is 5.75 Å². The molecule has 35 heavy (non-hydrogen) atoms. The monoisotopic (exact) mass is 505 g/mol. The van der Waals surface area contributed by atoms with Crippen LogP contribution in [0.4, 0.5) is 10.5 Å². The molecule has 2 aromatic carbocycles. The standard InChI is InChI=1S/C24H31N3O7S/c1-16-11-17(2)13-19(12-16)33-21-14-18(3)20(27(29)30)15-22(21)35(31,32)26-9-7-25(8-10-26)23(28)34-24(4,5)6/h11-15H,7-10H2,1-6H3. The zero-order valence-corrected chi connectivity index (χ0v) is 21.6. The van der Waals surface area contributed by atoms with Gasteiger partial charge < -0.3 is 14.4 Å². The number of carbonyl (C=O) groups is 1. The Morgan fingerprint density at radius 1 is 0.971 bits per heavy atom. The predicted octanol–water partition coefficient (Wildman–Crippen LogP) is 4.55. The number of benzene rings is 2. The number of nitro groups is 1. The summed E-state index contributed by atoms with van der Waals surface area (Å²) in [5.41, 5.74) is 1.16. The Labute approximate surface area is 205 Å². The Balaban J connectivity index is 1.93. The summed E-state index contributed by atoms with van der Waals surface area (Å²) in [5.74, 6) is 0.439. The predicted molar refractivity (Wildman–Crippen MR) is 130 cm³/mol. The maximum absolute atomic E-state index is 13.6. The number of hydrogen-bond donors (Lipinski definition) is 0. The first-order chi connectivity index (χ1) is 16.2. The van der Waals surface area contributed by atoms with Crippen molar-refractivity contribution in [3.05, 3.63) is 57.1 Å². The molecule has 0 bridgehead atoms. The summed E-state index contributed by atoms with van der Waals surface area (Å²) in [5, 5.41) is 11.6. The average Bonchev–Trinajstić information content (AvgIpc) is 2.71. The summed E-state index contributed by atoms with van der Waals surface area (Å²) in [4.78, 5) is 24.5. The van der Waals surface area contributed by atoms with Gasteiger partial charge in [0.1, 0.15) is 22.0 Å². The number of aryl methyl sites for hydroxylation is 3. The van der Waals surface area contributed by atoms with Gasteiger partial charge in [0, 0.05) is 37.8 Å². The number of nitrogens with zero attached hydrogens (tertiary/aromatic N) is 3. The molecule has 1 aliphatic rings. The fourth-order valence-electron chi connectivity index (χ4n) is 3.82. The van der Waals surface area contributed by atoms with E-state index in [1.165, 1.54) is 22.2 Å². The first-order valence-electron chi connectivity index (χ1n) is 11.2. The van der Waals surface area contributed by atoms with Crippen LogP contribution in [-0.2, 0) is 14.8 Å². The Hall–Kier alpha value is -3.18. The van der Waals surface area contributed by atoms with Crippen molar-refractivity contribution in [3.63, 3.8) is 0 Å². The number of amides is 1. The number of rotatable bonds is 5. The maximum Gasteiger partial charge on any atom is 0.410 e. The van der Waals surface area contributed by atoms with Crippen LogP contribution in [0.2, 0.25) is 0 Å². The van der Waals surface area contributed by atoms with Gasteiger partial charge in [0.15, 0.2) is 0 Å². The highest BCUT2D eigenvalue weighted by atomic mass is 32.2. The molecule has 0 radical (unpaired) electrons. The molecule has 0 N–H and O–H groups in total. The van der Waals surface area contributed by atoms with Gasteiger partial charge in [0.25, 0.3) is 5.69 Å². The van der Waals surface area contributed by atoms with Crippen molar-refractivity contribution in [1.82, 2.24) is 9.21 Å². The quantitative estimate of drug-likeness (QED) is 0.432. The van der Waals surface area contributed by atoms with Crippen LogP contribution in [0.25, 0.3) is 0 Å². The van der Waals surface area contributed by atoms with Gasteiger partial charge in [-0.3, -0.25) is 10.1 Å². The van der Waals surface area contributed by atoms with Gasteiger partial charge in [-0.2, -0.15) is 4.31 Å². The van der Waals surface area contributed by atoms with Crippen molar-refractivity contribution in [2.45, 2.75) is 52.0 Å². The lowest BCUT2D eigenvalue weighted by Crippen LogP contribution is -2.51. The molecular weight excluding hydrogens is 474 g/mol. The van der Waals surface area contributed by atoms with E-state index in [0.717, 1.165) is 17.2 Å². The molecule has 0 unspecified atom stereocenters. The number of carbonyl (C=O) groups excluding carboxylic acids is 1. The zero-order valence-electron chi connectivity index (χ0n) is 20.8. The lowest BCUT2D eigenvalue weighted by Gasteiger charge is -2.35. The number of sulfonamides is 1. The summed E-state index contributed by atoms with van der Waals surface area (Å²) >= 11 is 0. The van der Waals surface area contributed by atoms with Gasteiger partial charge in [-0.1, -0.05) is 6.07 Å². The highest BCUT2D eigenvalue weighted by Crippen LogP contribution is 2.37. The second-order valence-corrected chi connectivity index (χ2v) is 11.5. The smallest absolute Gasteiger partial charge is 0.410 e. The molecule has 1 amide bonds. The van der Waals surface area contributed by atoms with E-state index in [4.69, 9.17) is 9.47 Å². The van der Waals surface area contributed by atoms with E-state index in [2.05, 4.69) is 0 Å². The second kappa shape index (κ2) is 9.82. The van der Waals surface area contributed by atoms with E-state index in [-0.39, 0.29) is 48.1 Å². The van der Waals surface area contributed by atoms with Crippen LogP contribution >= 0.6 is 0 Å². The molecule has 1 saturated heterocycles. The van der Waals surface area contributed by atoms with E-state index in [9.17, 15) is 23.3 Å². The van der Waals surface area contributed by atoms with Gasteiger partial charge in [0.2, 0.25) is 10.0 Å². The Morgan fingerprint density at radius 3 is 2.06 bits per heavy atom. The normalized spacial score (nSPS) is 15.1. The third-order valence-corrected chi connectivity index (χ3v) is 7.31. The number of nitro benzene ring substituents is 1. The number of ether oxygens (including phenoxy) is 2. The first kappa shape index (κ1) is 26.4. The Bertz CT molecular complexity index is 1220. The Morgan fingerprint density at radius 2 is 1.54 bits per heavy atom. The molecule has 190 valence electrons. The van der Waals surface area contributed by atoms with E-state index < -0.39 is 26.6 Å². The van der Waals surface area contributed by atoms with Gasteiger partial charge in [0.05, 0.1) is 4.92 Å². The van der Waals surface area contributed by atoms with Crippen LogP contribution in [-0.4, -0.2) is 60.4 Å². The molecule has 0 aromatic heterocycles. The fraction of sp³-hybridized carbons (Fsp3) is 0.458. The molecule has 2 aromatic rings. The second-order valence-electron chi connectivity index (χ2n) is 9.64. The third kappa shape index (κ3) is 6.29. The van der Waals surface area contributed by atoms with E-state index >= 15 is 0 Å². The molecule has 0 atom stereocenters. The van der Waals surface area contributed by atoms with Crippen LogP contribution in [0.1, 0.15) is 37.5 Å². The minimum atomic E-state index is -4.16. The minimum absolute atomic E-state index is 0.00710. The SMILES string of the molecule is Cc1cc(C)cc(Oc2cc(C)c([N+](=O)[O-])cc2S(=O)(=O)N2CCN(C(=O)OC(C)(C)C)CC2)c1. The highest BCUT2D eigenvalue weighted by molar-refractivity contribution is 7.89. The molecule has 0 spiro atoms. The van der Waals surface area contributed by atoms with Gasteiger partial charge in [-0.25, -0.2) is 13.2 Å². The molecule has 11 heteroatoms. The van der Waals surface area contributed by atoms with Crippen LogP contribution < -0.4 is 4.74 Å². The average molecular weight is 506 g/mol. The number of hydrogen-bond acceptors (Lipinski definition) is 7. The lowest BCUT2D eigenvalue weighted by atomic mass is 10.1. The molecule has 3 rings (SSSR count). The summed E-state index contributed by atoms with van der Waals surface area (Å²) in [6.45, 7) is 10.9. The summed E-state index contributed by atoms with van der Waals surface area (Å²) in [6.07, 6.45) is -0.514. The number of piperazine rings is 1. The molecule has 0 saturated carbocycles. The van der Waals surface area contributed by atoms with Gasteiger partial charge in [-0.15, -0.1) is 0 Å². The van der Waals surface area contributed by atoms with E-state index in [1.807, 2.05) is 19.9 Å². The van der Waals surface area contributed by atoms with Crippen LogP contribution in [0, 0.1) is 30.9 Å². The summed E-state index contributed by atoms with van der Waals surface area (Å²) in [6, 6.07) is 7.90. The van der Waals surface area contributed by atoms with Crippen LogP contribution in [0.3, 0.4) is 0 Å². The minimum Gasteiger partial charge on any atom is -0.456 e. The molecule has 1 heterocycles. The van der Waals surface area contributed by atoms with Crippen molar-refractivity contribution in [2.24, 2.45) is 0 Å².